The van der Waals surface area contributed by atoms with E-state index in [2.05, 4.69) is 0 Å². The van der Waals surface area contributed by atoms with Crippen LogP contribution in [0.2, 0.25) is 0 Å². The third-order valence-electron chi connectivity index (χ3n) is 3.63. The van der Waals surface area contributed by atoms with Crippen LogP contribution < -0.4 is 15.2 Å². The number of hydrogen-bond donors (Lipinski definition) is 1. The minimum Gasteiger partial charge on any atom is -0.486 e. The lowest BCUT2D eigenvalue weighted by Gasteiger charge is -2.21. The Labute approximate surface area is 139 Å². The molecule has 2 aliphatic heterocycles. The average molecular weight is 366 g/mol. The predicted molar refractivity (Wildman–Crippen MR) is 82.7 cm³/mol. The van der Waals surface area contributed by atoms with Crippen LogP contribution in [-0.2, 0) is 10.0 Å². The highest BCUT2D eigenvalue weighted by molar-refractivity contribution is 7.89. The first-order chi connectivity index (χ1) is 10.4. The molecule has 0 amide bonds. The van der Waals surface area contributed by atoms with Crippen LogP contribution in [0.25, 0.3) is 0 Å². The second-order valence-electron chi connectivity index (χ2n) is 5.13. The van der Waals surface area contributed by atoms with Gasteiger partial charge in [-0.25, -0.2) is 8.42 Å². The van der Waals surface area contributed by atoms with Gasteiger partial charge in [-0.3, -0.25) is 10.1 Å². The molecule has 0 aliphatic carbocycles. The Morgan fingerprint density at radius 3 is 2.39 bits per heavy atom. The SMILES string of the molecule is Cl.N[C@@H]1CCN(S(=O)(=O)c2cc3c(cc2[N+](=O)[O-])OCCO3)C1. The van der Waals surface area contributed by atoms with Crippen LogP contribution in [0.3, 0.4) is 0 Å². The Morgan fingerprint density at radius 2 is 1.87 bits per heavy atom. The molecule has 2 heterocycles. The standard InChI is InChI=1S/C12H15N3O6S.ClH/c13-8-1-2-14(7-8)22(18,19)12-6-11-10(20-3-4-21-11)5-9(12)15(16)17;/h5-6,8H,1-4,7,13H2;1H/t8-;/m1./s1. The van der Waals surface area contributed by atoms with Crippen molar-refractivity contribution >= 4 is 28.1 Å². The van der Waals surface area contributed by atoms with Crippen molar-refractivity contribution in [3.05, 3.63) is 22.2 Å². The molecule has 1 aromatic rings. The number of halogens is 1. The quantitative estimate of drug-likeness (QED) is 0.611. The van der Waals surface area contributed by atoms with Gasteiger partial charge in [0.05, 0.1) is 11.0 Å². The summed E-state index contributed by atoms with van der Waals surface area (Å²) in [5.41, 5.74) is 5.20. The first kappa shape index (κ1) is 17.7. The van der Waals surface area contributed by atoms with Crippen molar-refractivity contribution in [2.24, 2.45) is 5.73 Å². The topological polar surface area (TPSA) is 125 Å². The fraction of sp³-hybridized carbons (Fsp3) is 0.500. The molecule has 2 aliphatic rings. The van der Waals surface area contributed by atoms with Crippen molar-refractivity contribution in [1.82, 2.24) is 4.31 Å². The molecule has 1 aromatic carbocycles. The Bertz CT molecular complexity index is 726. The lowest BCUT2D eigenvalue weighted by molar-refractivity contribution is -0.388. The number of hydrogen-bond acceptors (Lipinski definition) is 7. The number of sulfonamides is 1. The van der Waals surface area contributed by atoms with Gasteiger partial charge in [0.2, 0.25) is 10.0 Å². The number of nitrogens with zero attached hydrogens (tertiary/aromatic N) is 2. The molecule has 0 radical (unpaired) electrons. The number of ether oxygens (including phenoxy) is 2. The largest absolute Gasteiger partial charge is 0.486 e. The molecule has 1 fully saturated rings. The summed E-state index contributed by atoms with van der Waals surface area (Å²) in [6.45, 7) is 0.916. The molecule has 0 unspecified atom stereocenters. The van der Waals surface area contributed by atoms with E-state index in [-0.39, 0.29) is 56.3 Å². The van der Waals surface area contributed by atoms with Crippen LogP contribution in [-0.4, -0.2) is 50.0 Å². The summed E-state index contributed by atoms with van der Waals surface area (Å²) in [6, 6.07) is 1.99. The van der Waals surface area contributed by atoms with Gasteiger partial charge in [-0.2, -0.15) is 4.31 Å². The minimum atomic E-state index is -4.00. The molecule has 0 bridgehead atoms. The summed E-state index contributed by atoms with van der Waals surface area (Å²) in [7, 11) is -4.00. The lowest BCUT2D eigenvalue weighted by Crippen LogP contribution is -2.32. The molecular weight excluding hydrogens is 350 g/mol. The van der Waals surface area contributed by atoms with E-state index in [1.165, 1.54) is 0 Å². The van der Waals surface area contributed by atoms with Crippen LogP contribution in [0.15, 0.2) is 17.0 Å². The molecule has 1 atom stereocenters. The molecule has 3 rings (SSSR count). The predicted octanol–water partition coefficient (Wildman–Crippen LogP) is 0.509. The Kier molecular flexibility index (Phi) is 4.99. The molecule has 0 spiro atoms. The Hall–Kier alpha value is -1.62. The normalized spacial score (nSPS) is 20.8. The van der Waals surface area contributed by atoms with Gasteiger partial charge >= 0.3 is 0 Å². The summed E-state index contributed by atoms with van der Waals surface area (Å²) in [5.74, 6) is 0.369. The number of nitro benzene ring substituents is 1. The van der Waals surface area contributed by atoms with E-state index in [1.807, 2.05) is 0 Å². The van der Waals surface area contributed by atoms with Gasteiger partial charge in [-0.1, -0.05) is 0 Å². The van der Waals surface area contributed by atoms with Gasteiger partial charge in [-0.05, 0) is 6.42 Å². The van der Waals surface area contributed by atoms with E-state index < -0.39 is 25.5 Å². The van der Waals surface area contributed by atoms with E-state index in [0.717, 1.165) is 16.4 Å². The van der Waals surface area contributed by atoms with Crippen molar-refractivity contribution in [2.75, 3.05) is 26.3 Å². The zero-order valence-corrected chi connectivity index (χ0v) is 13.6. The molecule has 0 aromatic heterocycles. The fourth-order valence-corrected chi connectivity index (χ4v) is 4.19. The Morgan fingerprint density at radius 1 is 1.26 bits per heavy atom. The summed E-state index contributed by atoms with van der Waals surface area (Å²) >= 11 is 0. The van der Waals surface area contributed by atoms with Gasteiger partial charge in [0.25, 0.3) is 5.69 Å². The lowest BCUT2D eigenvalue weighted by atomic mass is 10.2. The molecule has 11 heteroatoms. The maximum atomic E-state index is 12.7. The maximum Gasteiger partial charge on any atom is 0.293 e. The third kappa shape index (κ3) is 3.20. The molecule has 23 heavy (non-hydrogen) atoms. The van der Waals surface area contributed by atoms with E-state index in [9.17, 15) is 18.5 Å². The fourth-order valence-electron chi connectivity index (χ4n) is 2.52. The van der Waals surface area contributed by atoms with Crippen molar-refractivity contribution in [3.8, 4) is 11.5 Å². The third-order valence-corrected chi connectivity index (χ3v) is 5.52. The Balaban J connectivity index is 0.00000192. The van der Waals surface area contributed by atoms with Crippen molar-refractivity contribution in [2.45, 2.75) is 17.4 Å². The van der Waals surface area contributed by atoms with E-state index in [0.29, 0.717) is 6.42 Å². The summed E-state index contributed by atoms with van der Waals surface area (Å²) in [5, 5.41) is 11.2. The van der Waals surface area contributed by atoms with Crippen LogP contribution >= 0.6 is 12.4 Å². The van der Waals surface area contributed by atoms with Crippen molar-refractivity contribution in [3.63, 3.8) is 0 Å². The van der Waals surface area contributed by atoms with E-state index >= 15 is 0 Å². The van der Waals surface area contributed by atoms with E-state index in [4.69, 9.17) is 15.2 Å². The second-order valence-corrected chi connectivity index (χ2v) is 7.04. The first-order valence-electron chi connectivity index (χ1n) is 6.73. The smallest absolute Gasteiger partial charge is 0.293 e. The molecule has 9 nitrogen and oxygen atoms in total. The summed E-state index contributed by atoms with van der Waals surface area (Å²) in [6.07, 6.45) is 0.525. The summed E-state index contributed by atoms with van der Waals surface area (Å²) < 4.78 is 37.1. The monoisotopic (exact) mass is 365 g/mol. The zero-order valence-electron chi connectivity index (χ0n) is 12.0. The highest BCUT2D eigenvalue weighted by Gasteiger charge is 2.37. The van der Waals surface area contributed by atoms with Gasteiger partial charge in [0.15, 0.2) is 16.4 Å². The van der Waals surface area contributed by atoms with Gasteiger partial charge in [0, 0.05) is 25.2 Å². The first-order valence-corrected chi connectivity index (χ1v) is 8.17. The summed E-state index contributed by atoms with van der Waals surface area (Å²) in [4.78, 5) is 10.1. The average Bonchev–Trinajstić information content (AvgIpc) is 2.93. The van der Waals surface area contributed by atoms with Crippen LogP contribution in [0.5, 0.6) is 11.5 Å². The second kappa shape index (κ2) is 6.48. The number of nitrogens with two attached hydrogens (primary N) is 1. The number of nitro groups is 1. The maximum absolute atomic E-state index is 12.7. The van der Waals surface area contributed by atoms with Gasteiger partial charge < -0.3 is 15.2 Å². The molecule has 128 valence electrons. The number of fused-ring (bicyclic) bond motifs is 1. The molecular formula is C12H16ClN3O6S. The van der Waals surface area contributed by atoms with Crippen LogP contribution in [0, 0.1) is 10.1 Å². The van der Waals surface area contributed by atoms with Gasteiger partial charge in [0.1, 0.15) is 13.2 Å². The molecule has 0 saturated carbocycles. The van der Waals surface area contributed by atoms with Crippen molar-refractivity contribution in [1.29, 1.82) is 0 Å². The number of benzene rings is 1. The van der Waals surface area contributed by atoms with Crippen LogP contribution in [0.1, 0.15) is 6.42 Å². The number of rotatable bonds is 3. The highest BCUT2D eigenvalue weighted by Crippen LogP contribution is 2.39. The van der Waals surface area contributed by atoms with Crippen LogP contribution in [0.4, 0.5) is 5.69 Å². The minimum absolute atomic E-state index is 0. The van der Waals surface area contributed by atoms with Gasteiger partial charge in [-0.15, -0.1) is 12.4 Å². The molecule has 2 N–H and O–H groups in total. The van der Waals surface area contributed by atoms with E-state index in [1.54, 1.807) is 0 Å². The van der Waals surface area contributed by atoms with Crippen molar-refractivity contribution < 1.29 is 22.8 Å². The molecule has 1 saturated heterocycles. The zero-order chi connectivity index (χ0) is 15.9. The highest BCUT2D eigenvalue weighted by atomic mass is 35.5.